The van der Waals surface area contributed by atoms with Crippen LogP contribution in [0.4, 0.5) is 11.4 Å². The molecule has 0 spiro atoms. The first kappa shape index (κ1) is 24.1. The molecule has 9 heteroatoms. The van der Waals surface area contributed by atoms with Crippen molar-refractivity contribution in [3.8, 4) is 0 Å². The molecule has 0 aliphatic carbocycles. The smallest absolute Gasteiger partial charge is 0.253 e. The zero-order valence-electron chi connectivity index (χ0n) is 19.3. The maximum atomic E-state index is 12.6. The number of nitrogens with one attached hydrogen (secondary N) is 2. The minimum atomic E-state index is -3.85. The summed E-state index contributed by atoms with van der Waals surface area (Å²) in [6.07, 6.45) is 5.63. The number of hydrogen-bond donors (Lipinski definition) is 2. The Bertz CT molecular complexity index is 1110. The fourth-order valence-electron chi connectivity index (χ4n) is 4.45. The minimum Gasteiger partial charge on any atom is -0.372 e. The second-order valence-electron chi connectivity index (χ2n) is 8.93. The van der Waals surface area contributed by atoms with E-state index in [9.17, 15) is 18.0 Å². The molecule has 2 saturated heterocycles. The molecule has 2 aromatic rings. The van der Waals surface area contributed by atoms with Gasteiger partial charge >= 0.3 is 0 Å². The Hall–Kier alpha value is -3.07. The topological polar surface area (TPSA) is 98.8 Å². The molecule has 0 unspecified atom stereocenters. The van der Waals surface area contributed by atoms with Gasteiger partial charge in [-0.1, -0.05) is 12.1 Å². The predicted octanol–water partition coefficient (Wildman–Crippen LogP) is 2.97. The van der Waals surface area contributed by atoms with Crippen molar-refractivity contribution in [2.75, 3.05) is 41.6 Å². The summed E-state index contributed by atoms with van der Waals surface area (Å²) in [6.45, 7) is 3.72. The summed E-state index contributed by atoms with van der Waals surface area (Å²) in [7, 11) is -3.85. The van der Waals surface area contributed by atoms with Crippen molar-refractivity contribution in [1.29, 1.82) is 0 Å². The van der Waals surface area contributed by atoms with Gasteiger partial charge in [0.1, 0.15) is 5.75 Å². The maximum absolute atomic E-state index is 12.6. The number of nitrogens with zero attached hydrogens (tertiary/aromatic N) is 2. The van der Waals surface area contributed by atoms with E-state index in [1.807, 2.05) is 17.0 Å². The highest BCUT2D eigenvalue weighted by molar-refractivity contribution is 7.93. The van der Waals surface area contributed by atoms with Crippen LogP contribution in [0.1, 0.15) is 48.0 Å². The van der Waals surface area contributed by atoms with Crippen LogP contribution in [0.5, 0.6) is 0 Å². The Balaban J connectivity index is 1.27. The maximum Gasteiger partial charge on any atom is 0.253 e. The second-order valence-corrected chi connectivity index (χ2v) is 10.7. The molecule has 0 aromatic heterocycles. The molecule has 0 radical (unpaired) electrons. The summed E-state index contributed by atoms with van der Waals surface area (Å²) in [4.78, 5) is 29.0. The fourth-order valence-corrected chi connectivity index (χ4v) is 5.46. The SMILES string of the molecule is O=C(CS(=O)(=O)Nc1ccc(N2CCCCC2)cc1)NCc1cccc(C(=O)N2CCCC2)c1. The van der Waals surface area contributed by atoms with Crippen LogP contribution < -0.4 is 14.9 Å². The van der Waals surface area contributed by atoms with Gasteiger partial charge in [0.25, 0.3) is 5.91 Å². The third-order valence-corrected chi connectivity index (χ3v) is 7.43. The van der Waals surface area contributed by atoms with E-state index in [4.69, 9.17) is 0 Å². The molecule has 2 heterocycles. The fraction of sp³-hybridized carbons (Fsp3) is 0.440. The van der Waals surface area contributed by atoms with Gasteiger partial charge in [0.2, 0.25) is 15.9 Å². The number of hydrogen-bond acceptors (Lipinski definition) is 5. The zero-order valence-corrected chi connectivity index (χ0v) is 20.1. The Morgan fingerprint density at radius 2 is 1.53 bits per heavy atom. The average molecular weight is 485 g/mol. The van der Waals surface area contributed by atoms with Crippen molar-refractivity contribution >= 4 is 33.2 Å². The van der Waals surface area contributed by atoms with Gasteiger partial charge in [-0.3, -0.25) is 14.3 Å². The van der Waals surface area contributed by atoms with Crippen molar-refractivity contribution in [3.63, 3.8) is 0 Å². The standard InChI is InChI=1S/C25H32N4O4S/c30-24(26-18-20-7-6-8-21(17-20)25(31)29-15-4-5-16-29)19-34(32,33)27-22-9-11-23(12-10-22)28-13-2-1-3-14-28/h6-12,17,27H,1-5,13-16,18-19H2,(H,26,30). The summed E-state index contributed by atoms with van der Waals surface area (Å²) in [6, 6.07) is 14.3. The third kappa shape index (κ3) is 6.50. The van der Waals surface area contributed by atoms with Gasteiger partial charge in [-0.05, 0) is 74.1 Å². The molecule has 2 fully saturated rings. The number of sulfonamides is 1. The van der Waals surface area contributed by atoms with Crippen LogP contribution in [0.25, 0.3) is 0 Å². The van der Waals surface area contributed by atoms with Gasteiger partial charge < -0.3 is 15.1 Å². The van der Waals surface area contributed by atoms with Crippen molar-refractivity contribution in [1.82, 2.24) is 10.2 Å². The Labute approximate surface area is 201 Å². The normalized spacial score (nSPS) is 16.4. The van der Waals surface area contributed by atoms with Gasteiger partial charge in [-0.2, -0.15) is 0 Å². The third-order valence-electron chi connectivity index (χ3n) is 6.24. The molecule has 8 nitrogen and oxygen atoms in total. The highest BCUT2D eigenvalue weighted by atomic mass is 32.2. The monoisotopic (exact) mass is 484 g/mol. The number of anilines is 2. The lowest BCUT2D eigenvalue weighted by Gasteiger charge is -2.28. The van der Waals surface area contributed by atoms with Gasteiger partial charge in [0.15, 0.2) is 0 Å². The largest absolute Gasteiger partial charge is 0.372 e. The number of piperidine rings is 1. The van der Waals surface area contributed by atoms with Crippen LogP contribution in [0.15, 0.2) is 48.5 Å². The van der Waals surface area contributed by atoms with E-state index in [0.29, 0.717) is 11.3 Å². The number of carbonyl (C=O) groups excluding carboxylic acids is 2. The quantitative estimate of drug-likeness (QED) is 0.600. The van der Waals surface area contributed by atoms with E-state index < -0.39 is 21.7 Å². The summed E-state index contributed by atoms with van der Waals surface area (Å²) in [5.41, 5.74) is 2.83. The molecule has 0 saturated carbocycles. The molecule has 2 aliphatic rings. The molecule has 2 N–H and O–H groups in total. The molecular weight excluding hydrogens is 452 g/mol. The number of rotatable bonds is 8. The number of carbonyl (C=O) groups is 2. The number of likely N-dealkylation sites (tertiary alicyclic amines) is 1. The predicted molar refractivity (Wildman–Crippen MR) is 133 cm³/mol. The molecule has 2 aliphatic heterocycles. The summed E-state index contributed by atoms with van der Waals surface area (Å²) in [5, 5.41) is 2.64. The van der Waals surface area contributed by atoms with Crippen molar-refractivity contribution in [3.05, 3.63) is 59.7 Å². The molecular formula is C25H32N4O4S. The van der Waals surface area contributed by atoms with Crippen LogP contribution in [0.3, 0.4) is 0 Å². The molecule has 0 atom stereocenters. The highest BCUT2D eigenvalue weighted by Crippen LogP contribution is 2.22. The second kappa shape index (κ2) is 10.9. The number of amides is 2. The highest BCUT2D eigenvalue weighted by Gasteiger charge is 2.20. The molecule has 34 heavy (non-hydrogen) atoms. The molecule has 182 valence electrons. The summed E-state index contributed by atoms with van der Waals surface area (Å²) >= 11 is 0. The van der Waals surface area contributed by atoms with E-state index in [2.05, 4.69) is 14.9 Å². The Kier molecular flexibility index (Phi) is 7.72. The van der Waals surface area contributed by atoms with Crippen LogP contribution in [0, 0.1) is 0 Å². The van der Waals surface area contributed by atoms with Crippen LogP contribution >= 0.6 is 0 Å². The van der Waals surface area contributed by atoms with E-state index in [-0.39, 0.29) is 12.5 Å². The Morgan fingerprint density at radius 1 is 0.853 bits per heavy atom. The van der Waals surface area contributed by atoms with E-state index in [1.54, 1.807) is 36.4 Å². The van der Waals surface area contributed by atoms with Gasteiger partial charge in [-0.15, -0.1) is 0 Å². The number of benzene rings is 2. The van der Waals surface area contributed by atoms with Gasteiger partial charge in [-0.25, -0.2) is 8.42 Å². The molecule has 4 rings (SSSR count). The molecule has 0 bridgehead atoms. The van der Waals surface area contributed by atoms with Crippen molar-refractivity contribution < 1.29 is 18.0 Å². The lowest BCUT2D eigenvalue weighted by atomic mass is 10.1. The van der Waals surface area contributed by atoms with E-state index in [1.165, 1.54) is 19.3 Å². The van der Waals surface area contributed by atoms with E-state index >= 15 is 0 Å². The first-order chi connectivity index (χ1) is 16.4. The lowest BCUT2D eigenvalue weighted by molar-refractivity contribution is -0.118. The Morgan fingerprint density at radius 3 is 2.24 bits per heavy atom. The first-order valence-electron chi connectivity index (χ1n) is 11.9. The van der Waals surface area contributed by atoms with Gasteiger partial charge in [0.05, 0.1) is 0 Å². The molecule has 2 amide bonds. The van der Waals surface area contributed by atoms with Crippen LogP contribution in [-0.4, -0.2) is 57.1 Å². The minimum absolute atomic E-state index is 0.0104. The summed E-state index contributed by atoms with van der Waals surface area (Å²) < 4.78 is 27.4. The summed E-state index contributed by atoms with van der Waals surface area (Å²) in [5.74, 6) is -1.29. The van der Waals surface area contributed by atoms with Gasteiger partial charge in [0, 0.05) is 49.7 Å². The van der Waals surface area contributed by atoms with E-state index in [0.717, 1.165) is 50.3 Å². The first-order valence-corrected chi connectivity index (χ1v) is 13.6. The average Bonchev–Trinajstić information content (AvgIpc) is 3.38. The zero-order chi connectivity index (χ0) is 24.0. The molecule has 2 aromatic carbocycles. The van der Waals surface area contributed by atoms with Crippen LogP contribution in [-0.2, 0) is 21.4 Å². The lowest BCUT2D eigenvalue weighted by Crippen LogP contribution is -2.32. The van der Waals surface area contributed by atoms with Crippen LogP contribution in [0.2, 0.25) is 0 Å². The van der Waals surface area contributed by atoms with Crippen molar-refractivity contribution in [2.24, 2.45) is 0 Å². The van der Waals surface area contributed by atoms with Crippen molar-refractivity contribution in [2.45, 2.75) is 38.6 Å².